The molecule has 16 heavy (non-hydrogen) atoms. The van der Waals surface area contributed by atoms with Crippen LogP contribution in [0.1, 0.15) is 5.56 Å². The second-order valence-electron chi connectivity index (χ2n) is 4.09. The highest BCUT2D eigenvalue weighted by molar-refractivity contribution is 5.66. The Morgan fingerprint density at radius 3 is 2.81 bits per heavy atom. The first kappa shape index (κ1) is 9.33. The summed E-state index contributed by atoms with van der Waals surface area (Å²) in [7, 11) is 2.13. The maximum absolute atomic E-state index is 4.27. The first-order valence-corrected chi connectivity index (χ1v) is 5.46. The number of hydrogen-bond acceptors (Lipinski definition) is 3. The summed E-state index contributed by atoms with van der Waals surface area (Å²) >= 11 is 0. The average molecular weight is 211 g/mol. The summed E-state index contributed by atoms with van der Waals surface area (Å²) in [5.41, 5.74) is 3.83. The van der Waals surface area contributed by atoms with Gasteiger partial charge in [-0.15, -0.1) is 0 Å². The lowest BCUT2D eigenvalue weighted by molar-refractivity contribution is 0.956. The lowest BCUT2D eigenvalue weighted by Gasteiger charge is -2.11. The van der Waals surface area contributed by atoms with Crippen LogP contribution in [0.3, 0.4) is 0 Å². The van der Waals surface area contributed by atoms with Gasteiger partial charge in [0.05, 0.1) is 0 Å². The fourth-order valence-electron chi connectivity index (χ4n) is 2.15. The number of benzene rings is 1. The number of fused-ring (bicyclic) bond motifs is 1. The standard InChI is InChI=1S/C13H13N3/c1-16-8-5-10-9-11(3-4-12(10)16)13-14-6-2-7-15-13/h2-4,6-7,9H,5,8H2,1H3. The predicted octanol–water partition coefficient (Wildman–Crippen LogP) is 2.14. The van der Waals surface area contributed by atoms with Gasteiger partial charge in [0, 0.05) is 37.2 Å². The van der Waals surface area contributed by atoms with Crippen molar-refractivity contribution in [3.05, 3.63) is 42.2 Å². The fourth-order valence-corrected chi connectivity index (χ4v) is 2.15. The van der Waals surface area contributed by atoms with Crippen LogP contribution in [-0.4, -0.2) is 23.6 Å². The van der Waals surface area contributed by atoms with Crippen LogP contribution < -0.4 is 4.90 Å². The Balaban J connectivity index is 2.06. The monoisotopic (exact) mass is 211 g/mol. The number of anilines is 1. The van der Waals surface area contributed by atoms with Crippen LogP contribution in [0.5, 0.6) is 0 Å². The van der Waals surface area contributed by atoms with E-state index >= 15 is 0 Å². The quantitative estimate of drug-likeness (QED) is 0.723. The number of hydrogen-bond donors (Lipinski definition) is 0. The molecule has 0 N–H and O–H groups in total. The zero-order valence-corrected chi connectivity index (χ0v) is 9.22. The van der Waals surface area contributed by atoms with E-state index in [0.717, 1.165) is 24.4 Å². The van der Waals surface area contributed by atoms with Crippen LogP contribution in [0.15, 0.2) is 36.7 Å². The Labute approximate surface area is 94.8 Å². The molecule has 1 aliphatic rings. The highest BCUT2D eigenvalue weighted by Crippen LogP contribution is 2.29. The van der Waals surface area contributed by atoms with Crippen LogP contribution in [0.25, 0.3) is 11.4 Å². The van der Waals surface area contributed by atoms with E-state index < -0.39 is 0 Å². The first-order valence-electron chi connectivity index (χ1n) is 5.46. The van der Waals surface area contributed by atoms with Gasteiger partial charge in [0.2, 0.25) is 0 Å². The molecular weight excluding hydrogens is 198 g/mol. The summed E-state index contributed by atoms with van der Waals surface area (Å²) in [6, 6.07) is 8.29. The van der Waals surface area contributed by atoms with Crippen molar-refractivity contribution in [3.63, 3.8) is 0 Å². The van der Waals surface area contributed by atoms with Crippen molar-refractivity contribution >= 4 is 5.69 Å². The van der Waals surface area contributed by atoms with Gasteiger partial charge in [-0.25, -0.2) is 9.97 Å². The van der Waals surface area contributed by atoms with Gasteiger partial charge in [0.1, 0.15) is 0 Å². The molecule has 0 atom stereocenters. The summed E-state index contributed by atoms with van der Waals surface area (Å²) in [4.78, 5) is 10.8. The molecule has 1 aromatic carbocycles. The Morgan fingerprint density at radius 1 is 1.19 bits per heavy atom. The van der Waals surface area contributed by atoms with Gasteiger partial charge >= 0.3 is 0 Å². The molecule has 0 saturated carbocycles. The summed E-state index contributed by atoms with van der Waals surface area (Å²) < 4.78 is 0. The fraction of sp³-hybridized carbons (Fsp3) is 0.231. The minimum Gasteiger partial charge on any atom is -0.374 e. The van der Waals surface area contributed by atoms with Crippen LogP contribution in [0, 0.1) is 0 Å². The second kappa shape index (κ2) is 3.59. The predicted molar refractivity (Wildman–Crippen MR) is 64.4 cm³/mol. The van der Waals surface area contributed by atoms with E-state index in [1.54, 1.807) is 12.4 Å². The normalized spacial score (nSPS) is 13.9. The van der Waals surface area contributed by atoms with E-state index in [1.165, 1.54) is 11.3 Å². The van der Waals surface area contributed by atoms with Gasteiger partial charge in [-0.05, 0) is 36.2 Å². The summed E-state index contributed by atoms with van der Waals surface area (Å²) in [5.74, 6) is 0.805. The van der Waals surface area contributed by atoms with Gasteiger partial charge in [0.15, 0.2) is 5.82 Å². The summed E-state index contributed by atoms with van der Waals surface area (Å²) in [6.45, 7) is 1.11. The minimum absolute atomic E-state index is 0.805. The van der Waals surface area contributed by atoms with Crippen molar-refractivity contribution in [2.45, 2.75) is 6.42 Å². The number of likely N-dealkylation sites (N-methyl/N-ethyl adjacent to an activating group) is 1. The molecule has 0 aliphatic carbocycles. The van der Waals surface area contributed by atoms with Gasteiger partial charge < -0.3 is 4.90 Å². The maximum Gasteiger partial charge on any atom is 0.159 e. The molecule has 3 heteroatoms. The molecule has 1 aliphatic heterocycles. The zero-order valence-electron chi connectivity index (χ0n) is 9.22. The number of nitrogens with zero attached hydrogens (tertiary/aromatic N) is 3. The highest BCUT2D eigenvalue weighted by Gasteiger charge is 2.16. The lowest BCUT2D eigenvalue weighted by Crippen LogP contribution is -2.12. The molecule has 0 saturated heterocycles. The molecular formula is C13H13N3. The topological polar surface area (TPSA) is 29.0 Å². The van der Waals surface area contributed by atoms with Crippen molar-refractivity contribution < 1.29 is 0 Å². The van der Waals surface area contributed by atoms with Gasteiger partial charge in [-0.1, -0.05) is 0 Å². The zero-order chi connectivity index (χ0) is 11.0. The molecule has 2 heterocycles. The van der Waals surface area contributed by atoms with Gasteiger partial charge in [0.25, 0.3) is 0 Å². The van der Waals surface area contributed by atoms with Crippen molar-refractivity contribution in [1.29, 1.82) is 0 Å². The molecule has 80 valence electrons. The molecule has 0 radical (unpaired) electrons. The Morgan fingerprint density at radius 2 is 2.00 bits per heavy atom. The molecule has 0 amide bonds. The van der Waals surface area contributed by atoms with Crippen LogP contribution in [0.2, 0.25) is 0 Å². The maximum atomic E-state index is 4.27. The van der Waals surface area contributed by atoms with E-state index in [9.17, 15) is 0 Å². The van der Waals surface area contributed by atoms with Gasteiger partial charge in [-0.3, -0.25) is 0 Å². The van der Waals surface area contributed by atoms with Crippen molar-refractivity contribution in [1.82, 2.24) is 9.97 Å². The molecule has 3 nitrogen and oxygen atoms in total. The third-order valence-corrected chi connectivity index (χ3v) is 3.03. The SMILES string of the molecule is CN1CCc2cc(-c3ncccn3)ccc21. The van der Waals surface area contributed by atoms with E-state index in [1.807, 2.05) is 6.07 Å². The van der Waals surface area contributed by atoms with E-state index in [4.69, 9.17) is 0 Å². The molecule has 2 aromatic rings. The Hall–Kier alpha value is -1.90. The minimum atomic E-state index is 0.805. The van der Waals surface area contributed by atoms with Crippen LogP contribution >= 0.6 is 0 Å². The molecule has 0 unspecified atom stereocenters. The van der Waals surface area contributed by atoms with Crippen molar-refractivity contribution in [3.8, 4) is 11.4 Å². The second-order valence-corrected chi connectivity index (χ2v) is 4.09. The van der Waals surface area contributed by atoms with E-state index in [2.05, 4.69) is 40.1 Å². The molecule has 3 rings (SSSR count). The lowest BCUT2D eigenvalue weighted by atomic mass is 10.1. The van der Waals surface area contributed by atoms with E-state index in [-0.39, 0.29) is 0 Å². The molecule has 1 aromatic heterocycles. The van der Waals surface area contributed by atoms with Gasteiger partial charge in [-0.2, -0.15) is 0 Å². The van der Waals surface area contributed by atoms with Crippen molar-refractivity contribution in [2.24, 2.45) is 0 Å². The largest absolute Gasteiger partial charge is 0.374 e. The smallest absolute Gasteiger partial charge is 0.159 e. The molecule has 0 fully saturated rings. The Bertz CT molecular complexity index is 508. The molecule has 0 spiro atoms. The highest BCUT2D eigenvalue weighted by atomic mass is 15.1. The average Bonchev–Trinajstić information content (AvgIpc) is 2.72. The van der Waals surface area contributed by atoms with E-state index in [0.29, 0.717) is 0 Å². The third kappa shape index (κ3) is 1.45. The molecule has 0 bridgehead atoms. The van der Waals surface area contributed by atoms with Crippen LogP contribution in [-0.2, 0) is 6.42 Å². The number of rotatable bonds is 1. The third-order valence-electron chi connectivity index (χ3n) is 3.03. The summed E-state index contributed by atoms with van der Waals surface area (Å²) in [6.07, 6.45) is 4.68. The van der Waals surface area contributed by atoms with Crippen LogP contribution in [0.4, 0.5) is 5.69 Å². The Kier molecular flexibility index (Phi) is 2.10. The summed E-state index contributed by atoms with van der Waals surface area (Å²) in [5, 5.41) is 0. The van der Waals surface area contributed by atoms with Crippen molar-refractivity contribution in [2.75, 3.05) is 18.5 Å². The number of aromatic nitrogens is 2. The first-order chi connectivity index (χ1) is 7.84.